The lowest BCUT2D eigenvalue weighted by Gasteiger charge is -1.91. The van der Waals surface area contributed by atoms with E-state index < -0.39 is 0 Å². The zero-order chi connectivity index (χ0) is 4.99. The topological polar surface area (TPSA) is 61.9 Å². The predicted molar refractivity (Wildman–Crippen MR) is 28.1 cm³/mol. The smallest absolute Gasteiger partial charge is 0.201 e. The van der Waals surface area contributed by atoms with Crippen LogP contribution < -0.4 is 11.3 Å². The second-order valence-corrected chi connectivity index (χ2v) is 0.976. The molecule has 0 aliphatic rings. The van der Waals surface area contributed by atoms with Crippen molar-refractivity contribution in [3.05, 3.63) is 0 Å². The fourth-order valence-electron chi connectivity index (χ4n) is 0.102. The molecule has 0 saturated carbocycles. The molecule has 0 aromatic rings. The first-order valence-corrected chi connectivity index (χ1v) is 1.85. The van der Waals surface area contributed by atoms with Gasteiger partial charge in [0, 0.05) is 0 Å². The minimum Gasteiger partial charge on any atom is -0.321 e. The van der Waals surface area contributed by atoms with Crippen molar-refractivity contribution in [2.24, 2.45) is 5.84 Å². The fraction of sp³-hybridized carbons (Fsp3) is 0.500. The summed E-state index contributed by atoms with van der Waals surface area (Å²) in [5.41, 5.74) is 2.57. The van der Waals surface area contributed by atoms with Crippen LogP contribution in [0, 0.1) is 5.41 Å². The van der Waals surface area contributed by atoms with Gasteiger partial charge in [-0.05, 0) is 0 Å². The van der Waals surface area contributed by atoms with Crippen LogP contribution in [0.25, 0.3) is 0 Å². The zero-order valence-electron chi connectivity index (χ0n) is 3.78. The highest BCUT2D eigenvalue weighted by Crippen LogP contribution is 1.51. The van der Waals surface area contributed by atoms with E-state index in [1.807, 2.05) is 6.82 Å². The van der Waals surface area contributed by atoms with Crippen molar-refractivity contribution in [1.82, 2.24) is 5.43 Å². The Hall–Kier alpha value is -0.505. The number of amidine groups is 1. The van der Waals surface area contributed by atoms with Crippen LogP contribution >= 0.6 is 0 Å². The molecule has 6 heavy (non-hydrogen) atoms. The highest BCUT2D eigenvalue weighted by molar-refractivity contribution is 6.72. The van der Waals surface area contributed by atoms with Crippen LogP contribution in [0.4, 0.5) is 0 Å². The Balaban J connectivity index is 2.99. The van der Waals surface area contributed by atoms with E-state index >= 15 is 0 Å². The van der Waals surface area contributed by atoms with E-state index in [0.717, 1.165) is 0 Å². The second kappa shape index (κ2) is 2.72. The van der Waals surface area contributed by atoms with Crippen molar-refractivity contribution in [1.29, 1.82) is 5.41 Å². The monoisotopic (exact) mass is 85.1 g/mol. The standard InChI is InChI=1S/C2H8BN3/c1-3-2(4)6-5/h3H,5H2,1H3,(H2,4,6). The maximum atomic E-state index is 6.75. The van der Waals surface area contributed by atoms with Crippen molar-refractivity contribution in [3.63, 3.8) is 0 Å². The first kappa shape index (κ1) is 5.49. The molecule has 0 bridgehead atoms. The van der Waals surface area contributed by atoms with Gasteiger partial charge in [0.05, 0.1) is 5.73 Å². The molecule has 0 rings (SSSR count). The second-order valence-electron chi connectivity index (χ2n) is 0.976. The third-order valence-electron chi connectivity index (χ3n) is 0.528. The first-order valence-electron chi connectivity index (χ1n) is 1.85. The van der Waals surface area contributed by atoms with Crippen LogP contribution in [0.5, 0.6) is 0 Å². The molecule has 0 amide bonds. The Morgan fingerprint density at radius 2 is 2.50 bits per heavy atom. The molecule has 0 aromatic carbocycles. The van der Waals surface area contributed by atoms with Gasteiger partial charge in [-0.2, -0.15) is 0 Å². The summed E-state index contributed by atoms with van der Waals surface area (Å²) >= 11 is 0. The number of nitrogens with two attached hydrogens (primary N) is 1. The Bertz CT molecular complexity index is 46.8. The quantitative estimate of drug-likeness (QED) is 0.124. The highest BCUT2D eigenvalue weighted by Gasteiger charge is 1.82. The largest absolute Gasteiger partial charge is 0.321 e. The number of hydrogen-bond acceptors (Lipinski definition) is 2. The van der Waals surface area contributed by atoms with Crippen molar-refractivity contribution < 1.29 is 0 Å². The van der Waals surface area contributed by atoms with Gasteiger partial charge in [0.25, 0.3) is 0 Å². The van der Waals surface area contributed by atoms with Gasteiger partial charge in [0.2, 0.25) is 7.28 Å². The molecule has 0 aromatic heterocycles. The van der Waals surface area contributed by atoms with Crippen molar-refractivity contribution in [3.8, 4) is 0 Å². The molecular weight excluding hydrogens is 76.9 g/mol. The third-order valence-corrected chi connectivity index (χ3v) is 0.528. The van der Waals surface area contributed by atoms with E-state index in [9.17, 15) is 0 Å². The number of nitrogens with one attached hydrogen (secondary N) is 2. The summed E-state index contributed by atoms with van der Waals surface area (Å²) in [6.07, 6.45) is 0. The summed E-state index contributed by atoms with van der Waals surface area (Å²) in [5.74, 6) is 4.81. The van der Waals surface area contributed by atoms with E-state index in [2.05, 4.69) is 5.43 Å². The summed E-state index contributed by atoms with van der Waals surface area (Å²) < 4.78 is 0. The molecule has 0 aliphatic heterocycles. The summed E-state index contributed by atoms with van der Waals surface area (Å²) in [6, 6.07) is 0. The molecular formula is C2H8BN3. The van der Waals surface area contributed by atoms with Crippen LogP contribution in [0.2, 0.25) is 6.82 Å². The number of rotatable bonds is 1. The van der Waals surface area contributed by atoms with Crippen LogP contribution in [-0.2, 0) is 0 Å². The molecule has 0 heterocycles. The molecule has 4 heteroatoms. The summed E-state index contributed by atoms with van der Waals surface area (Å²) in [4.78, 5) is 0. The van der Waals surface area contributed by atoms with Gasteiger partial charge in [0.15, 0.2) is 0 Å². The third kappa shape index (κ3) is 1.78. The van der Waals surface area contributed by atoms with Gasteiger partial charge in [-0.15, -0.1) is 0 Å². The summed E-state index contributed by atoms with van der Waals surface area (Å²) in [7, 11) is 0.677. The predicted octanol–water partition coefficient (Wildman–Crippen LogP) is -1.13. The average molecular weight is 84.9 g/mol. The molecule has 0 saturated heterocycles. The molecule has 0 fully saturated rings. The first-order chi connectivity index (χ1) is 2.81. The van der Waals surface area contributed by atoms with E-state index in [1.165, 1.54) is 0 Å². The van der Waals surface area contributed by atoms with Gasteiger partial charge >= 0.3 is 0 Å². The Morgan fingerprint density at radius 1 is 2.00 bits per heavy atom. The minimum atomic E-state index is 0.370. The van der Waals surface area contributed by atoms with E-state index in [4.69, 9.17) is 11.3 Å². The number of hydrogen-bond donors (Lipinski definition) is 3. The summed E-state index contributed by atoms with van der Waals surface area (Å²) in [6.45, 7) is 1.86. The molecule has 0 radical (unpaired) electrons. The molecule has 0 spiro atoms. The normalized spacial score (nSPS) is 7.00. The van der Waals surface area contributed by atoms with Gasteiger partial charge in [-0.25, -0.2) is 0 Å². The summed E-state index contributed by atoms with van der Waals surface area (Å²) in [5, 5.41) is 6.75. The van der Waals surface area contributed by atoms with Gasteiger partial charge in [0.1, 0.15) is 0 Å². The molecule has 4 N–H and O–H groups in total. The van der Waals surface area contributed by atoms with Crippen molar-refractivity contribution in [2.45, 2.75) is 6.82 Å². The minimum absolute atomic E-state index is 0.370. The Labute approximate surface area is 37.6 Å². The lowest BCUT2D eigenvalue weighted by molar-refractivity contribution is 1.03. The Morgan fingerprint density at radius 3 is 2.50 bits per heavy atom. The lowest BCUT2D eigenvalue weighted by atomic mass is 9.81. The fourth-order valence-corrected chi connectivity index (χ4v) is 0.102. The average Bonchev–Trinajstić information content (AvgIpc) is 1.65. The lowest BCUT2D eigenvalue weighted by Crippen LogP contribution is -2.32. The Kier molecular flexibility index (Phi) is 2.49. The van der Waals surface area contributed by atoms with Crippen LogP contribution in [0.3, 0.4) is 0 Å². The number of hydrazine groups is 1. The molecule has 34 valence electrons. The van der Waals surface area contributed by atoms with Gasteiger partial charge in [-0.3, -0.25) is 11.3 Å². The van der Waals surface area contributed by atoms with E-state index in [1.54, 1.807) is 0 Å². The maximum Gasteiger partial charge on any atom is 0.201 e. The molecule has 0 unspecified atom stereocenters. The van der Waals surface area contributed by atoms with Gasteiger partial charge < -0.3 is 5.43 Å². The molecule has 0 atom stereocenters. The van der Waals surface area contributed by atoms with Crippen LogP contribution in [0.15, 0.2) is 0 Å². The van der Waals surface area contributed by atoms with Gasteiger partial charge in [-0.1, -0.05) is 6.82 Å². The highest BCUT2D eigenvalue weighted by atomic mass is 15.2. The van der Waals surface area contributed by atoms with Crippen LogP contribution in [0.1, 0.15) is 0 Å². The molecule has 3 nitrogen and oxygen atoms in total. The van der Waals surface area contributed by atoms with E-state index in [0.29, 0.717) is 13.0 Å². The molecule has 0 aliphatic carbocycles. The maximum absolute atomic E-state index is 6.75. The van der Waals surface area contributed by atoms with E-state index in [-0.39, 0.29) is 0 Å². The SMILES string of the molecule is CBC(=N)NN. The van der Waals surface area contributed by atoms with Crippen molar-refractivity contribution >= 4 is 13.0 Å². The zero-order valence-corrected chi connectivity index (χ0v) is 3.78. The van der Waals surface area contributed by atoms with Crippen molar-refractivity contribution in [2.75, 3.05) is 0 Å². The van der Waals surface area contributed by atoms with Crippen LogP contribution in [-0.4, -0.2) is 13.0 Å².